The van der Waals surface area contributed by atoms with Gasteiger partial charge in [0.2, 0.25) is 5.95 Å². The highest BCUT2D eigenvalue weighted by Gasteiger charge is 2.23. The maximum Gasteiger partial charge on any atom is 0.238 e. The van der Waals surface area contributed by atoms with Crippen molar-refractivity contribution in [2.45, 2.75) is 0 Å². The molecule has 0 saturated carbocycles. The number of fused-ring (bicyclic) bond motifs is 9. The smallest absolute Gasteiger partial charge is 0.238 e. The fraction of sp³-hybridized carbons (Fsp3) is 0. The monoisotopic (exact) mass is 730 g/mol. The van der Waals surface area contributed by atoms with E-state index in [1.165, 1.54) is 0 Å². The average molecular weight is 731 g/mol. The summed E-state index contributed by atoms with van der Waals surface area (Å²) in [7, 11) is 0. The molecular formula is C50H30N6O. The van der Waals surface area contributed by atoms with Gasteiger partial charge in [-0.15, -0.1) is 0 Å². The summed E-state index contributed by atoms with van der Waals surface area (Å²) in [5.41, 5.74) is 11.6. The second-order valence-electron chi connectivity index (χ2n) is 14.2. The number of benzene rings is 7. The highest BCUT2D eigenvalue weighted by Crippen LogP contribution is 2.43. The molecule has 0 unspecified atom stereocenters. The van der Waals surface area contributed by atoms with Gasteiger partial charge in [-0.2, -0.15) is 9.97 Å². The van der Waals surface area contributed by atoms with Gasteiger partial charge in [-0.25, -0.2) is 4.98 Å². The van der Waals surface area contributed by atoms with Gasteiger partial charge in [-0.3, -0.25) is 9.55 Å². The highest BCUT2D eigenvalue weighted by atomic mass is 16.3. The zero-order valence-corrected chi connectivity index (χ0v) is 30.4. The van der Waals surface area contributed by atoms with Crippen molar-refractivity contribution in [3.05, 3.63) is 182 Å². The Labute approximate surface area is 325 Å². The van der Waals surface area contributed by atoms with Crippen molar-refractivity contribution >= 4 is 65.7 Å². The van der Waals surface area contributed by atoms with Crippen LogP contribution in [0.3, 0.4) is 0 Å². The van der Waals surface area contributed by atoms with Crippen molar-refractivity contribution < 1.29 is 4.42 Å². The molecule has 0 aliphatic rings. The summed E-state index contributed by atoms with van der Waals surface area (Å²) in [6, 6.07) is 60.6. The Bertz CT molecular complexity index is 3490. The lowest BCUT2D eigenvalue weighted by Crippen LogP contribution is -2.07. The Morgan fingerprint density at radius 3 is 1.93 bits per heavy atom. The molecule has 0 spiro atoms. The van der Waals surface area contributed by atoms with Crippen molar-refractivity contribution in [3.63, 3.8) is 0 Å². The summed E-state index contributed by atoms with van der Waals surface area (Å²) < 4.78 is 11.0. The molecule has 0 saturated heterocycles. The van der Waals surface area contributed by atoms with Gasteiger partial charge in [0, 0.05) is 49.8 Å². The van der Waals surface area contributed by atoms with E-state index in [0.717, 1.165) is 93.6 Å². The van der Waals surface area contributed by atoms with E-state index in [1.807, 2.05) is 60.8 Å². The number of rotatable bonds is 5. The van der Waals surface area contributed by atoms with E-state index in [2.05, 4.69) is 130 Å². The van der Waals surface area contributed by atoms with Crippen molar-refractivity contribution in [2.24, 2.45) is 0 Å². The lowest BCUT2D eigenvalue weighted by atomic mass is 9.97. The first-order valence-electron chi connectivity index (χ1n) is 19.0. The molecule has 7 heteroatoms. The van der Waals surface area contributed by atoms with E-state index >= 15 is 0 Å². The molecule has 0 N–H and O–H groups in total. The van der Waals surface area contributed by atoms with Gasteiger partial charge in [-0.05, 0) is 54.1 Å². The zero-order valence-electron chi connectivity index (χ0n) is 30.4. The predicted octanol–water partition coefficient (Wildman–Crippen LogP) is 12.4. The summed E-state index contributed by atoms with van der Waals surface area (Å²) in [5, 5.41) is 5.48. The number of furan rings is 1. The summed E-state index contributed by atoms with van der Waals surface area (Å²) >= 11 is 0. The zero-order chi connectivity index (χ0) is 37.5. The molecule has 5 aromatic heterocycles. The van der Waals surface area contributed by atoms with Crippen LogP contribution in [-0.4, -0.2) is 29.1 Å². The minimum atomic E-state index is 0.530. The Morgan fingerprint density at radius 2 is 1.04 bits per heavy atom. The fourth-order valence-corrected chi connectivity index (χ4v) is 8.62. The molecule has 7 aromatic carbocycles. The minimum absolute atomic E-state index is 0.530. The fourth-order valence-electron chi connectivity index (χ4n) is 8.62. The second kappa shape index (κ2) is 12.3. The number of para-hydroxylation sites is 5. The van der Waals surface area contributed by atoms with Crippen LogP contribution < -0.4 is 0 Å². The topological polar surface area (TPSA) is 74.6 Å². The highest BCUT2D eigenvalue weighted by molar-refractivity contribution is 6.19. The van der Waals surface area contributed by atoms with Crippen molar-refractivity contribution in [2.75, 3.05) is 0 Å². The van der Waals surface area contributed by atoms with E-state index in [4.69, 9.17) is 24.4 Å². The van der Waals surface area contributed by atoms with Crippen LogP contribution in [0.1, 0.15) is 0 Å². The Morgan fingerprint density at radius 1 is 0.404 bits per heavy atom. The average Bonchev–Trinajstić information content (AvgIpc) is 3.95. The van der Waals surface area contributed by atoms with Gasteiger partial charge in [0.25, 0.3) is 0 Å². The van der Waals surface area contributed by atoms with Crippen molar-refractivity contribution in [3.8, 4) is 45.5 Å². The van der Waals surface area contributed by atoms with Crippen molar-refractivity contribution in [1.82, 2.24) is 29.1 Å². The third-order valence-corrected chi connectivity index (χ3v) is 11.1. The molecule has 12 rings (SSSR count). The number of hydrogen-bond acceptors (Lipinski definition) is 5. The summed E-state index contributed by atoms with van der Waals surface area (Å²) in [6.45, 7) is 0. The van der Waals surface area contributed by atoms with E-state index in [9.17, 15) is 0 Å². The van der Waals surface area contributed by atoms with Crippen LogP contribution in [0.5, 0.6) is 0 Å². The van der Waals surface area contributed by atoms with Crippen LogP contribution in [0.25, 0.3) is 111 Å². The summed E-state index contributed by atoms with van der Waals surface area (Å²) in [6.07, 6.45) is 1.85. The number of nitrogens with zero attached hydrogens (tertiary/aromatic N) is 6. The van der Waals surface area contributed by atoms with Crippen LogP contribution in [0.2, 0.25) is 0 Å². The molecule has 0 amide bonds. The van der Waals surface area contributed by atoms with Crippen LogP contribution in [-0.2, 0) is 0 Å². The van der Waals surface area contributed by atoms with Gasteiger partial charge in [0.05, 0.1) is 33.3 Å². The van der Waals surface area contributed by atoms with Gasteiger partial charge < -0.3 is 8.98 Å². The molecule has 12 aromatic rings. The molecule has 7 nitrogen and oxygen atoms in total. The molecule has 0 aliphatic heterocycles. The van der Waals surface area contributed by atoms with Gasteiger partial charge in [0.1, 0.15) is 11.2 Å². The normalized spacial score (nSPS) is 11.9. The molecule has 0 bridgehead atoms. The first kappa shape index (κ1) is 31.5. The molecule has 0 atom stereocenters. The largest absolute Gasteiger partial charge is 0.455 e. The first-order valence-corrected chi connectivity index (χ1v) is 19.0. The number of aromatic nitrogens is 6. The van der Waals surface area contributed by atoms with Gasteiger partial charge >= 0.3 is 0 Å². The molecule has 57 heavy (non-hydrogen) atoms. The maximum atomic E-state index is 6.57. The van der Waals surface area contributed by atoms with E-state index in [1.54, 1.807) is 0 Å². The van der Waals surface area contributed by atoms with Gasteiger partial charge in [0.15, 0.2) is 11.6 Å². The molecule has 0 fully saturated rings. The lowest BCUT2D eigenvalue weighted by Gasteiger charge is -2.15. The van der Waals surface area contributed by atoms with E-state index in [0.29, 0.717) is 17.6 Å². The van der Waals surface area contributed by atoms with Crippen LogP contribution >= 0.6 is 0 Å². The second-order valence-corrected chi connectivity index (χ2v) is 14.2. The van der Waals surface area contributed by atoms with Crippen LogP contribution in [0.15, 0.2) is 187 Å². The van der Waals surface area contributed by atoms with E-state index < -0.39 is 0 Å². The lowest BCUT2D eigenvalue weighted by molar-refractivity contribution is 0.670. The first-order chi connectivity index (χ1) is 28.3. The third-order valence-electron chi connectivity index (χ3n) is 11.1. The van der Waals surface area contributed by atoms with E-state index in [-0.39, 0.29) is 0 Å². The molecule has 5 heterocycles. The Hall–Kier alpha value is -7.90. The number of hydrogen-bond donors (Lipinski definition) is 0. The summed E-state index contributed by atoms with van der Waals surface area (Å²) in [4.78, 5) is 20.6. The maximum absolute atomic E-state index is 6.57. The summed E-state index contributed by atoms with van der Waals surface area (Å²) in [5.74, 6) is 1.68. The molecule has 0 aliphatic carbocycles. The van der Waals surface area contributed by atoms with Crippen molar-refractivity contribution in [1.29, 1.82) is 0 Å². The number of pyridine rings is 1. The molecular weight excluding hydrogens is 701 g/mol. The third kappa shape index (κ3) is 4.72. The minimum Gasteiger partial charge on any atom is -0.455 e. The Balaban J connectivity index is 1.14. The molecule has 266 valence electrons. The van der Waals surface area contributed by atoms with Crippen LogP contribution in [0, 0.1) is 0 Å². The standard InChI is InChI=1S/C50H30N6O/c1-2-15-31(16-3-1)48-52-49(38-20-6-10-26-41(38)55-40-25-9-5-19-37(40)46-43(55)28-14-30-51-46)54-50(53-48)56-39-24-8-4-18-36(39)45-33(21-13-27-42(45)56)35-23-12-22-34-32-17-7-11-29-44(32)57-47(34)35/h1-30H. The quantitative estimate of drug-likeness (QED) is 0.176. The molecule has 0 radical (unpaired) electrons. The predicted molar refractivity (Wildman–Crippen MR) is 230 cm³/mol. The van der Waals surface area contributed by atoms with Gasteiger partial charge in [-0.1, -0.05) is 127 Å². The van der Waals surface area contributed by atoms with Crippen LogP contribution in [0.4, 0.5) is 0 Å². The Kier molecular flexibility index (Phi) is 6.79. The SMILES string of the molecule is c1ccc(-c2nc(-c3ccccc3-n3c4ccccc4c4ncccc43)nc(-n3c4ccccc4c4c(-c5cccc6c5oc5ccccc56)cccc43)n2)cc1.